The highest BCUT2D eigenvalue weighted by molar-refractivity contribution is 5.83. The van der Waals surface area contributed by atoms with Crippen LogP contribution in [0.15, 0.2) is 54.6 Å². The summed E-state index contributed by atoms with van der Waals surface area (Å²) in [5.74, 6) is -1.03. The van der Waals surface area contributed by atoms with Crippen molar-refractivity contribution in [3.05, 3.63) is 70.3 Å². The molecule has 8 heteroatoms. The van der Waals surface area contributed by atoms with Gasteiger partial charge in [-0.1, -0.05) is 42.5 Å². The van der Waals surface area contributed by atoms with Crippen molar-refractivity contribution in [3.63, 3.8) is 0 Å². The number of nitro groups is 1. The number of hydrogen-bond acceptors (Lipinski definition) is 6. The van der Waals surface area contributed by atoms with Gasteiger partial charge in [0.2, 0.25) is 5.75 Å². The van der Waals surface area contributed by atoms with E-state index in [0.717, 1.165) is 5.56 Å². The number of para-hydroxylation sites is 2. The van der Waals surface area contributed by atoms with Crippen LogP contribution in [0.3, 0.4) is 0 Å². The first kappa shape index (κ1) is 17.9. The van der Waals surface area contributed by atoms with E-state index in [1.54, 1.807) is 12.1 Å². The summed E-state index contributed by atoms with van der Waals surface area (Å²) in [6.07, 6.45) is -0.795. The Morgan fingerprint density at radius 1 is 1.12 bits per heavy atom. The van der Waals surface area contributed by atoms with E-state index in [1.165, 1.54) is 31.2 Å². The van der Waals surface area contributed by atoms with Crippen molar-refractivity contribution in [2.75, 3.05) is 0 Å². The highest BCUT2D eigenvalue weighted by Crippen LogP contribution is 2.26. The van der Waals surface area contributed by atoms with Crippen LogP contribution in [0.4, 0.5) is 10.5 Å². The number of rotatable bonds is 6. The molecule has 25 heavy (non-hydrogen) atoms. The van der Waals surface area contributed by atoms with Crippen LogP contribution in [-0.4, -0.2) is 23.0 Å². The Morgan fingerprint density at radius 2 is 1.76 bits per heavy atom. The van der Waals surface area contributed by atoms with Crippen LogP contribution in [0, 0.1) is 10.1 Å². The van der Waals surface area contributed by atoms with Gasteiger partial charge in [-0.15, -0.1) is 0 Å². The predicted octanol–water partition coefficient (Wildman–Crippen LogP) is 2.82. The molecule has 0 saturated carbocycles. The predicted molar refractivity (Wildman–Crippen MR) is 88.0 cm³/mol. The Labute approximate surface area is 143 Å². The van der Waals surface area contributed by atoms with E-state index < -0.39 is 23.0 Å². The Balaban J connectivity index is 1.88. The van der Waals surface area contributed by atoms with E-state index >= 15 is 0 Å². The average molecular weight is 344 g/mol. The number of benzene rings is 2. The van der Waals surface area contributed by atoms with Gasteiger partial charge in [0.15, 0.2) is 0 Å². The molecule has 8 nitrogen and oxygen atoms in total. The first-order valence-electron chi connectivity index (χ1n) is 7.39. The summed E-state index contributed by atoms with van der Waals surface area (Å²) in [7, 11) is 0. The second kappa shape index (κ2) is 8.44. The smallest absolute Gasteiger partial charge is 0.408 e. The lowest BCUT2D eigenvalue weighted by molar-refractivity contribution is -0.385. The van der Waals surface area contributed by atoms with E-state index in [9.17, 15) is 19.7 Å². The molecule has 0 aliphatic carbocycles. The molecule has 1 N–H and O–H groups in total. The molecular formula is C17H16N2O6. The van der Waals surface area contributed by atoms with E-state index in [-0.39, 0.29) is 18.0 Å². The first-order valence-corrected chi connectivity index (χ1v) is 7.39. The Kier molecular flexibility index (Phi) is 6.05. The van der Waals surface area contributed by atoms with E-state index in [0.29, 0.717) is 0 Å². The zero-order valence-corrected chi connectivity index (χ0v) is 13.4. The molecule has 0 aromatic heterocycles. The molecule has 2 aromatic rings. The molecule has 0 radical (unpaired) electrons. The summed E-state index contributed by atoms with van der Waals surface area (Å²) in [5, 5.41) is 13.2. The summed E-state index contributed by atoms with van der Waals surface area (Å²) in [5.41, 5.74) is 0.461. The zero-order chi connectivity index (χ0) is 18.2. The molecule has 1 amide bonds. The summed E-state index contributed by atoms with van der Waals surface area (Å²) in [4.78, 5) is 33.9. The molecule has 0 heterocycles. The lowest BCUT2D eigenvalue weighted by atomic mass is 10.2. The van der Waals surface area contributed by atoms with Crippen LogP contribution >= 0.6 is 0 Å². The molecule has 130 valence electrons. The van der Waals surface area contributed by atoms with Gasteiger partial charge in [-0.3, -0.25) is 10.1 Å². The molecule has 0 fully saturated rings. The van der Waals surface area contributed by atoms with Crippen molar-refractivity contribution in [1.29, 1.82) is 0 Å². The maximum atomic E-state index is 12.0. The minimum absolute atomic E-state index is 0.0542. The Hall–Kier alpha value is -3.42. The largest absolute Gasteiger partial charge is 0.445 e. The van der Waals surface area contributed by atoms with Crippen LogP contribution < -0.4 is 10.1 Å². The molecular weight excluding hydrogens is 328 g/mol. The molecule has 0 aliphatic rings. The fraction of sp³-hybridized carbons (Fsp3) is 0.176. The van der Waals surface area contributed by atoms with E-state index in [4.69, 9.17) is 9.47 Å². The van der Waals surface area contributed by atoms with E-state index in [2.05, 4.69) is 5.32 Å². The van der Waals surface area contributed by atoms with Crippen molar-refractivity contribution in [1.82, 2.24) is 5.32 Å². The minimum Gasteiger partial charge on any atom is -0.445 e. The van der Waals surface area contributed by atoms with Crippen molar-refractivity contribution in [2.45, 2.75) is 19.6 Å². The third-order valence-corrected chi connectivity index (χ3v) is 3.17. The number of ether oxygens (including phenoxy) is 2. The van der Waals surface area contributed by atoms with Gasteiger partial charge in [0.1, 0.15) is 12.6 Å². The number of nitro benzene ring substituents is 1. The standard InChI is InChI=1S/C17H16N2O6/c1-12(18-17(21)24-11-13-7-3-2-4-8-13)16(20)25-15-10-6-5-9-14(15)19(22)23/h2-10,12H,11H2,1H3,(H,18,21)/t12-/m1/s1. The Bertz CT molecular complexity index is 763. The van der Waals surface area contributed by atoms with Crippen molar-refractivity contribution in [2.24, 2.45) is 0 Å². The molecule has 0 spiro atoms. The molecule has 0 bridgehead atoms. The molecule has 2 aromatic carbocycles. The molecule has 0 aliphatic heterocycles. The van der Waals surface area contributed by atoms with Gasteiger partial charge in [-0.25, -0.2) is 9.59 Å². The molecule has 0 unspecified atom stereocenters. The lowest BCUT2D eigenvalue weighted by Gasteiger charge is -2.13. The van der Waals surface area contributed by atoms with Gasteiger partial charge >= 0.3 is 17.7 Å². The van der Waals surface area contributed by atoms with Crippen molar-refractivity contribution >= 4 is 17.7 Å². The molecule has 1 atom stereocenters. The van der Waals surface area contributed by atoms with Gasteiger partial charge in [-0.2, -0.15) is 0 Å². The first-order chi connectivity index (χ1) is 12.0. The second-order valence-electron chi connectivity index (χ2n) is 5.07. The summed E-state index contributed by atoms with van der Waals surface area (Å²) < 4.78 is 9.98. The third-order valence-electron chi connectivity index (χ3n) is 3.17. The Morgan fingerprint density at radius 3 is 2.44 bits per heavy atom. The number of carbonyl (C=O) groups excluding carboxylic acids is 2. The summed E-state index contributed by atoms with van der Waals surface area (Å²) >= 11 is 0. The maximum absolute atomic E-state index is 12.0. The molecule has 0 saturated heterocycles. The maximum Gasteiger partial charge on any atom is 0.408 e. The number of alkyl carbamates (subject to hydrolysis) is 1. The zero-order valence-electron chi connectivity index (χ0n) is 13.4. The second-order valence-corrected chi connectivity index (χ2v) is 5.07. The average Bonchev–Trinajstić information content (AvgIpc) is 2.61. The van der Waals surface area contributed by atoms with Crippen LogP contribution in [0.1, 0.15) is 12.5 Å². The summed E-state index contributed by atoms with van der Waals surface area (Å²) in [6, 6.07) is 13.5. The fourth-order valence-electron chi connectivity index (χ4n) is 1.89. The lowest BCUT2D eigenvalue weighted by Crippen LogP contribution is -2.41. The quantitative estimate of drug-likeness (QED) is 0.374. The molecule has 2 rings (SSSR count). The highest BCUT2D eigenvalue weighted by atomic mass is 16.6. The summed E-state index contributed by atoms with van der Waals surface area (Å²) in [6.45, 7) is 1.44. The van der Waals surface area contributed by atoms with Crippen LogP contribution in [0.2, 0.25) is 0 Å². The monoisotopic (exact) mass is 344 g/mol. The van der Waals surface area contributed by atoms with Crippen LogP contribution in [0.5, 0.6) is 5.75 Å². The van der Waals surface area contributed by atoms with Gasteiger partial charge in [0.25, 0.3) is 0 Å². The fourth-order valence-corrected chi connectivity index (χ4v) is 1.89. The van der Waals surface area contributed by atoms with Gasteiger partial charge in [0, 0.05) is 6.07 Å². The van der Waals surface area contributed by atoms with Crippen LogP contribution in [-0.2, 0) is 16.1 Å². The SMILES string of the molecule is C[C@@H](NC(=O)OCc1ccccc1)C(=O)Oc1ccccc1[N+](=O)[O-]. The van der Waals surface area contributed by atoms with Gasteiger partial charge in [-0.05, 0) is 18.6 Å². The number of carbonyl (C=O) groups is 2. The number of nitrogens with one attached hydrogen (secondary N) is 1. The van der Waals surface area contributed by atoms with E-state index in [1.807, 2.05) is 18.2 Å². The van der Waals surface area contributed by atoms with Crippen molar-refractivity contribution < 1.29 is 24.0 Å². The highest BCUT2D eigenvalue weighted by Gasteiger charge is 2.22. The number of amides is 1. The minimum atomic E-state index is -1.04. The van der Waals surface area contributed by atoms with Gasteiger partial charge in [0.05, 0.1) is 4.92 Å². The number of esters is 1. The van der Waals surface area contributed by atoms with Crippen molar-refractivity contribution in [3.8, 4) is 5.75 Å². The van der Waals surface area contributed by atoms with Crippen LogP contribution in [0.25, 0.3) is 0 Å². The van der Waals surface area contributed by atoms with Gasteiger partial charge < -0.3 is 14.8 Å². The number of hydrogen-bond donors (Lipinski definition) is 1. The topological polar surface area (TPSA) is 108 Å². The number of nitrogens with zero attached hydrogens (tertiary/aromatic N) is 1. The third kappa shape index (κ3) is 5.31. The normalized spacial score (nSPS) is 11.2.